The molecule has 0 spiro atoms. The van der Waals surface area contributed by atoms with Gasteiger partial charge in [0.25, 0.3) is 0 Å². The first-order chi connectivity index (χ1) is 11.4. The molecule has 0 fully saturated rings. The minimum Gasteiger partial charge on any atom is -0.496 e. The monoisotopic (exact) mass is 321 g/mol. The van der Waals surface area contributed by atoms with Crippen LogP contribution in [0.5, 0.6) is 5.75 Å². The highest BCUT2D eigenvalue weighted by atomic mass is 16.5. The third-order valence-corrected chi connectivity index (χ3v) is 5.26. The summed E-state index contributed by atoms with van der Waals surface area (Å²) < 4.78 is 11.6. The van der Waals surface area contributed by atoms with Crippen molar-refractivity contribution in [3.63, 3.8) is 0 Å². The van der Waals surface area contributed by atoms with Gasteiger partial charge in [-0.1, -0.05) is 17.7 Å². The standard InChI is InChI=1S/C21H23NO2/c1-13-6-9-18(23-5)15(10-13)14-7-8-17-20-16(14)12-24-19(20)11-21(2,3)22(17)4/h6-11H,12H2,1-5H3. The molecule has 2 aliphatic heterocycles. The molecule has 0 radical (unpaired) electrons. The average Bonchev–Trinajstić information content (AvgIpc) is 2.96. The Balaban J connectivity index is 1.96. The van der Waals surface area contributed by atoms with Crippen LogP contribution < -0.4 is 9.64 Å². The molecule has 2 heterocycles. The van der Waals surface area contributed by atoms with Crippen molar-refractivity contribution in [2.24, 2.45) is 0 Å². The number of methoxy groups -OCH3 is 1. The highest BCUT2D eigenvalue weighted by Crippen LogP contribution is 2.48. The van der Waals surface area contributed by atoms with Crippen LogP contribution in [0.3, 0.4) is 0 Å². The SMILES string of the molecule is COc1ccc(C)cc1-c1ccc2c3c1COC3=CC(C)(C)N2C. The largest absolute Gasteiger partial charge is 0.496 e. The van der Waals surface area contributed by atoms with Gasteiger partial charge in [0, 0.05) is 29.4 Å². The number of anilines is 1. The minimum atomic E-state index is -0.0491. The molecule has 2 aromatic rings. The fourth-order valence-electron chi connectivity index (χ4n) is 3.69. The van der Waals surface area contributed by atoms with E-state index in [4.69, 9.17) is 9.47 Å². The maximum atomic E-state index is 6.05. The van der Waals surface area contributed by atoms with Crippen LogP contribution in [-0.4, -0.2) is 19.7 Å². The number of benzene rings is 2. The molecule has 0 amide bonds. The Bertz CT molecular complexity index is 864. The molecule has 0 saturated heterocycles. The van der Waals surface area contributed by atoms with Crippen LogP contribution in [0.4, 0.5) is 5.69 Å². The second-order valence-electron chi connectivity index (χ2n) is 7.20. The summed E-state index contributed by atoms with van der Waals surface area (Å²) in [5.41, 5.74) is 7.23. The zero-order valence-corrected chi connectivity index (χ0v) is 14.9. The van der Waals surface area contributed by atoms with Gasteiger partial charge >= 0.3 is 0 Å². The van der Waals surface area contributed by atoms with Crippen LogP contribution in [0.25, 0.3) is 16.9 Å². The van der Waals surface area contributed by atoms with Gasteiger partial charge in [0.05, 0.1) is 12.6 Å². The molecular formula is C21H23NO2. The van der Waals surface area contributed by atoms with Crippen LogP contribution in [0.1, 0.15) is 30.5 Å². The summed E-state index contributed by atoms with van der Waals surface area (Å²) in [6.45, 7) is 7.15. The Morgan fingerprint density at radius 1 is 1.12 bits per heavy atom. The summed E-state index contributed by atoms with van der Waals surface area (Å²) in [7, 11) is 3.87. The van der Waals surface area contributed by atoms with Crippen molar-refractivity contribution in [3.8, 4) is 16.9 Å². The lowest BCUT2D eigenvalue weighted by atomic mass is 9.88. The van der Waals surface area contributed by atoms with Crippen molar-refractivity contribution in [2.45, 2.75) is 32.9 Å². The Labute approximate surface area is 143 Å². The van der Waals surface area contributed by atoms with Gasteiger partial charge in [0.1, 0.15) is 18.1 Å². The lowest BCUT2D eigenvalue weighted by molar-refractivity contribution is 0.282. The second-order valence-corrected chi connectivity index (χ2v) is 7.20. The normalized spacial score (nSPS) is 17.2. The van der Waals surface area contributed by atoms with Gasteiger partial charge in [-0.2, -0.15) is 0 Å². The van der Waals surface area contributed by atoms with Crippen LogP contribution in [-0.2, 0) is 11.3 Å². The molecule has 0 N–H and O–H groups in total. The molecule has 2 aliphatic rings. The fourth-order valence-corrected chi connectivity index (χ4v) is 3.69. The third-order valence-electron chi connectivity index (χ3n) is 5.26. The first kappa shape index (κ1) is 15.1. The predicted octanol–water partition coefficient (Wildman–Crippen LogP) is 4.77. The Morgan fingerprint density at radius 3 is 2.67 bits per heavy atom. The van der Waals surface area contributed by atoms with Crippen LogP contribution in [0.2, 0.25) is 0 Å². The smallest absolute Gasteiger partial charge is 0.127 e. The first-order valence-corrected chi connectivity index (χ1v) is 8.33. The van der Waals surface area contributed by atoms with Gasteiger partial charge < -0.3 is 14.4 Å². The molecule has 3 heteroatoms. The van der Waals surface area contributed by atoms with Crippen molar-refractivity contribution in [3.05, 3.63) is 53.1 Å². The Morgan fingerprint density at radius 2 is 1.92 bits per heavy atom. The van der Waals surface area contributed by atoms with Crippen LogP contribution >= 0.6 is 0 Å². The molecule has 124 valence electrons. The van der Waals surface area contributed by atoms with Crippen molar-refractivity contribution < 1.29 is 9.47 Å². The molecular weight excluding hydrogens is 298 g/mol. The van der Waals surface area contributed by atoms with E-state index in [1.54, 1.807) is 7.11 Å². The molecule has 24 heavy (non-hydrogen) atoms. The number of ether oxygens (including phenoxy) is 2. The van der Waals surface area contributed by atoms with E-state index in [0.717, 1.165) is 17.1 Å². The van der Waals surface area contributed by atoms with E-state index in [0.29, 0.717) is 6.61 Å². The summed E-state index contributed by atoms with van der Waals surface area (Å²) in [5.74, 6) is 1.91. The highest BCUT2D eigenvalue weighted by molar-refractivity contribution is 5.89. The quantitative estimate of drug-likeness (QED) is 0.795. The second kappa shape index (κ2) is 5.04. The lowest BCUT2D eigenvalue weighted by Gasteiger charge is -2.39. The average molecular weight is 321 g/mol. The number of hydrogen-bond acceptors (Lipinski definition) is 3. The molecule has 0 atom stereocenters. The van der Waals surface area contributed by atoms with Gasteiger partial charge in [-0.05, 0) is 50.6 Å². The first-order valence-electron chi connectivity index (χ1n) is 8.33. The van der Waals surface area contributed by atoms with E-state index >= 15 is 0 Å². The summed E-state index contributed by atoms with van der Waals surface area (Å²) >= 11 is 0. The molecule has 0 bridgehead atoms. The number of aryl methyl sites for hydroxylation is 1. The summed E-state index contributed by atoms with van der Waals surface area (Å²) in [5, 5.41) is 0. The molecule has 2 aromatic carbocycles. The van der Waals surface area contributed by atoms with E-state index in [9.17, 15) is 0 Å². The highest BCUT2D eigenvalue weighted by Gasteiger charge is 2.36. The number of hydrogen-bond donors (Lipinski definition) is 0. The number of rotatable bonds is 2. The lowest BCUT2D eigenvalue weighted by Crippen LogP contribution is -2.42. The molecule has 4 rings (SSSR count). The fraction of sp³-hybridized carbons (Fsp3) is 0.333. The maximum Gasteiger partial charge on any atom is 0.127 e. The maximum absolute atomic E-state index is 6.05. The summed E-state index contributed by atoms with van der Waals surface area (Å²) in [6, 6.07) is 10.7. The molecule has 0 aliphatic carbocycles. The van der Waals surface area contributed by atoms with E-state index < -0.39 is 0 Å². The van der Waals surface area contributed by atoms with Gasteiger partial charge in [0.2, 0.25) is 0 Å². The Kier molecular flexibility index (Phi) is 3.17. The minimum absolute atomic E-state index is 0.0491. The number of likely N-dealkylation sites (N-methyl/N-ethyl adjacent to an activating group) is 1. The van der Waals surface area contributed by atoms with Gasteiger partial charge in [0.15, 0.2) is 0 Å². The van der Waals surface area contributed by atoms with E-state index in [1.807, 2.05) is 6.07 Å². The van der Waals surface area contributed by atoms with Crippen molar-refractivity contribution in [1.82, 2.24) is 0 Å². The van der Waals surface area contributed by atoms with Crippen LogP contribution in [0, 0.1) is 6.92 Å². The summed E-state index contributed by atoms with van der Waals surface area (Å²) in [6.07, 6.45) is 2.23. The van der Waals surface area contributed by atoms with Gasteiger partial charge in [-0.15, -0.1) is 0 Å². The number of nitrogens with zero attached hydrogens (tertiary/aromatic N) is 1. The van der Waals surface area contributed by atoms with E-state index in [1.165, 1.54) is 27.9 Å². The van der Waals surface area contributed by atoms with Gasteiger partial charge in [-0.25, -0.2) is 0 Å². The zero-order valence-electron chi connectivity index (χ0n) is 14.9. The van der Waals surface area contributed by atoms with Gasteiger partial charge in [-0.3, -0.25) is 0 Å². The predicted molar refractivity (Wildman–Crippen MR) is 98.4 cm³/mol. The van der Waals surface area contributed by atoms with Crippen LogP contribution in [0.15, 0.2) is 36.4 Å². The molecule has 0 unspecified atom stereocenters. The molecule has 0 saturated carbocycles. The molecule has 3 nitrogen and oxygen atoms in total. The summed E-state index contributed by atoms with van der Waals surface area (Å²) in [4.78, 5) is 2.32. The topological polar surface area (TPSA) is 21.7 Å². The van der Waals surface area contributed by atoms with Crippen molar-refractivity contribution >= 4 is 11.4 Å². The van der Waals surface area contributed by atoms with E-state index in [-0.39, 0.29) is 5.54 Å². The Hall–Kier alpha value is -2.42. The van der Waals surface area contributed by atoms with Crippen molar-refractivity contribution in [1.29, 1.82) is 0 Å². The van der Waals surface area contributed by atoms with E-state index in [2.05, 4.69) is 63.1 Å². The molecule has 0 aromatic heterocycles. The zero-order chi connectivity index (χ0) is 17.1. The third kappa shape index (κ3) is 2.04. The van der Waals surface area contributed by atoms with Crippen molar-refractivity contribution in [2.75, 3.05) is 19.1 Å².